The van der Waals surface area contributed by atoms with Crippen molar-refractivity contribution >= 4 is 27.3 Å². The maximum Gasteiger partial charge on any atom is 0.416 e. The highest BCUT2D eigenvalue weighted by molar-refractivity contribution is 7.92. The van der Waals surface area contributed by atoms with Crippen molar-refractivity contribution < 1.29 is 21.6 Å². The van der Waals surface area contributed by atoms with Gasteiger partial charge in [0.05, 0.1) is 16.3 Å². The van der Waals surface area contributed by atoms with Crippen molar-refractivity contribution in [3.05, 3.63) is 58.1 Å². The number of anilines is 1. The van der Waals surface area contributed by atoms with E-state index in [0.29, 0.717) is 17.3 Å². The predicted molar refractivity (Wildman–Crippen MR) is 83.2 cm³/mol. The average molecular weight is 364 g/mol. The Morgan fingerprint density at radius 3 is 2.30 bits per heavy atom. The van der Waals surface area contributed by atoms with Crippen LogP contribution in [0, 0.1) is 13.8 Å². The van der Waals surface area contributed by atoms with Gasteiger partial charge in [0.25, 0.3) is 10.0 Å². The number of nitrogens with one attached hydrogen (secondary N) is 1. The van der Waals surface area contributed by atoms with Crippen LogP contribution in [-0.4, -0.2) is 8.42 Å². The predicted octanol–water partition coefficient (Wildman–Crippen LogP) is 4.78. The van der Waals surface area contributed by atoms with E-state index in [-0.39, 0.29) is 5.02 Å². The lowest BCUT2D eigenvalue weighted by Crippen LogP contribution is -2.16. The summed E-state index contributed by atoms with van der Waals surface area (Å²) in [4.78, 5) is -0.616. The van der Waals surface area contributed by atoms with E-state index >= 15 is 0 Å². The van der Waals surface area contributed by atoms with Crippen LogP contribution >= 0.6 is 11.6 Å². The smallest absolute Gasteiger partial charge is 0.279 e. The molecule has 0 spiro atoms. The summed E-state index contributed by atoms with van der Waals surface area (Å²) in [7, 11) is -4.25. The minimum absolute atomic E-state index is 0.282. The lowest BCUT2D eigenvalue weighted by molar-refractivity contribution is -0.137. The number of rotatable bonds is 3. The normalized spacial score (nSPS) is 12.3. The summed E-state index contributed by atoms with van der Waals surface area (Å²) in [5, 5.41) is -0.282. The standard InChI is InChI=1S/C15H13ClF3NO2S/c1-9-3-4-10(2)13(7-9)20-23(21,22)14-8-11(15(17,18)19)5-6-12(14)16/h3-8,20H,1-2H3. The summed E-state index contributed by atoms with van der Waals surface area (Å²) in [5.41, 5.74) is 0.660. The fraction of sp³-hybridized carbons (Fsp3) is 0.200. The van der Waals surface area contributed by atoms with Crippen LogP contribution in [-0.2, 0) is 16.2 Å². The van der Waals surface area contributed by atoms with Crippen LogP contribution in [0.4, 0.5) is 18.9 Å². The Morgan fingerprint density at radius 2 is 1.70 bits per heavy atom. The van der Waals surface area contributed by atoms with E-state index in [4.69, 9.17) is 11.6 Å². The van der Waals surface area contributed by atoms with Crippen molar-refractivity contribution in [2.75, 3.05) is 4.72 Å². The summed E-state index contributed by atoms with van der Waals surface area (Å²) >= 11 is 5.78. The maximum absolute atomic E-state index is 12.8. The summed E-state index contributed by atoms with van der Waals surface area (Å²) in [5.74, 6) is 0. The number of sulfonamides is 1. The summed E-state index contributed by atoms with van der Waals surface area (Å²) < 4.78 is 65.4. The van der Waals surface area contributed by atoms with Gasteiger partial charge in [-0.15, -0.1) is 0 Å². The first-order chi connectivity index (χ1) is 10.5. The first-order valence-electron chi connectivity index (χ1n) is 6.47. The first-order valence-corrected chi connectivity index (χ1v) is 8.33. The van der Waals surface area contributed by atoms with Gasteiger partial charge in [0.2, 0.25) is 0 Å². The lowest BCUT2D eigenvalue weighted by Gasteiger charge is -2.14. The Morgan fingerprint density at radius 1 is 1.04 bits per heavy atom. The monoisotopic (exact) mass is 363 g/mol. The average Bonchev–Trinajstić information content (AvgIpc) is 2.41. The highest BCUT2D eigenvalue weighted by Crippen LogP contribution is 2.34. The molecule has 0 atom stereocenters. The van der Waals surface area contributed by atoms with Gasteiger partial charge in [-0.05, 0) is 49.2 Å². The third kappa shape index (κ3) is 3.97. The lowest BCUT2D eigenvalue weighted by atomic mass is 10.1. The Labute approximate surface area is 137 Å². The summed E-state index contributed by atoms with van der Waals surface area (Å²) in [6.45, 7) is 3.46. The molecule has 0 aliphatic rings. The van der Waals surface area contributed by atoms with E-state index in [1.54, 1.807) is 32.0 Å². The maximum atomic E-state index is 12.8. The van der Waals surface area contributed by atoms with Gasteiger partial charge in [0.15, 0.2) is 0 Å². The molecule has 0 bridgehead atoms. The molecule has 8 heteroatoms. The fourth-order valence-corrected chi connectivity index (χ4v) is 3.58. The molecule has 23 heavy (non-hydrogen) atoms. The molecule has 0 heterocycles. The van der Waals surface area contributed by atoms with Gasteiger partial charge in [0.1, 0.15) is 4.90 Å². The highest BCUT2D eigenvalue weighted by Gasteiger charge is 2.32. The van der Waals surface area contributed by atoms with Crippen LogP contribution in [0.25, 0.3) is 0 Å². The van der Waals surface area contributed by atoms with Gasteiger partial charge in [-0.2, -0.15) is 13.2 Å². The number of alkyl halides is 3. The van der Waals surface area contributed by atoms with E-state index < -0.39 is 26.7 Å². The first kappa shape index (κ1) is 17.6. The Hall–Kier alpha value is -1.73. The summed E-state index contributed by atoms with van der Waals surface area (Å²) in [6, 6.07) is 7.27. The molecule has 0 saturated carbocycles. The Bertz CT molecular complexity index is 848. The second-order valence-electron chi connectivity index (χ2n) is 5.07. The second-order valence-corrected chi connectivity index (χ2v) is 7.12. The van der Waals surface area contributed by atoms with E-state index in [0.717, 1.165) is 17.7 Å². The van der Waals surface area contributed by atoms with E-state index in [1.165, 1.54) is 0 Å². The highest BCUT2D eigenvalue weighted by atomic mass is 35.5. The van der Waals surface area contributed by atoms with Crippen molar-refractivity contribution in [2.24, 2.45) is 0 Å². The molecule has 0 aromatic heterocycles. The second kappa shape index (κ2) is 6.05. The number of hydrogen-bond acceptors (Lipinski definition) is 2. The fourth-order valence-electron chi connectivity index (χ4n) is 1.93. The molecule has 0 saturated heterocycles. The van der Waals surface area contributed by atoms with Gasteiger partial charge < -0.3 is 0 Å². The van der Waals surface area contributed by atoms with E-state index in [2.05, 4.69) is 4.72 Å². The molecule has 0 amide bonds. The molecule has 2 aromatic carbocycles. The van der Waals surface area contributed by atoms with Crippen molar-refractivity contribution in [3.63, 3.8) is 0 Å². The summed E-state index contributed by atoms with van der Waals surface area (Å²) in [6.07, 6.45) is -4.66. The Balaban J connectivity index is 2.50. The van der Waals surface area contributed by atoms with Crippen LogP contribution in [0.15, 0.2) is 41.3 Å². The van der Waals surface area contributed by atoms with Gasteiger partial charge in [-0.1, -0.05) is 23.7 Å². The molecule has 124 valence electrons. The van der Waals surface area contributed by atoms with Gasteiger partial charge >= 0.3 is 6.18 Å². The van der Waals surface area contributed by atoms with Crippen LogP contribution in [0.3, 0.4) is 0 Å². The minimum Gasteiger partial charge on any atom is -0.279 e. The molecule has 0 unspecified atom stereocenters. The number of aryl methyl sites for hydroxylation is 2. The third-order valence-electron chi connectivity index (χ3n) is 3.19. The van der Waals surface area contributed by atoms with Crippen molar-refractivity contribution in [1.82, 2.24) is 0 Å². The minimum atomic E-state index is -4.66. The molecule has 0 fully saturated rings. The molecule has 1 N–H and O–H groups in total. The zero-order valence-electron chi connectivity index (χ0n) is 12.2. The number of halogens is 4. The zero-order chi connectivity index (χ0) is 17.4. The molecular weight excluding hydrogens is 351 g/mol. The molecule has 3 nitrogen and oxygen atoms in total. The van der Waals surface area contributed by atoms with Crippen LogP contribution in [0.2, 0.25) is 5.02 Å². The molecule has 0 aliphatic carbocycles. The zero-order valence-corrected chi connectivity index (χ0v) is 13.8. The quantitative estimate of drug-likeness (QED) is 0.853. The van der Waals surface area contributed by atoms with Crippen molar-refractivity contribution in [2.45, 2.75) is 24.9 Å². The van der Waals surface area contributed by atoms with Crippen molar-refractivity contribution in [3.8, 4) is 0 Å². The SMILES string of the molecule is Cc1ccc(C)c(NS(=O)(=O)c2cc(C(F)(F)F)ccc2Cl)c1. The van der Waals surface area contributed by atoms with Gasteiger partial charge in [0, 0.05) is 0 Å². The number of hydrogen-bond donors (Lipinski definition) is 1. The van der Waals surface area contributed by atoms with E-state index in [1.807, 2.05) is 0 Å². The third-order valence-corrected chi connectivity index (χ3v) is 5.03. The van der Waals surface area contributed by atoms with Crippen LogP contribution < -0.4 is 4.72 Å². The topological polar surface area (TPSA) is 46.2 Å². The van der Waals surface area contributed by atoms with Gasteiger partial charge in [-0.3, -0.25) is 4.72 Å². The molecule has 2 aromatic rings. The van der Waals surface area contributed by atoms with Crippen LogP contribution in [0.1, 0.15) is 16.7 Å². The van der Waals surface area contributed by atoms with Crippen LogP contribution in [0.5, 0.6) is 0 Å². The number of benzene rings is 2. The molecule has 0 aliphatic heterocycles. The molecular formula is C15H13ClF3NO2S. The van der Waals surface area contributed by atoms with Gasteiger partial charge in [-0.25, -0.2) is 8.42 Å². The molecule has 2 rings (SSSR count). The largest absolute Gasteiger partial charge is 0.416 e. The Kier molecular flexibility index (Phi) is 4.64. The van der Waals surface area contributed by atoms with Crippen molar-refractivity contribution in [1.29, 1.82) is 0 Å². The molecule has 0 radical (unpaired) electrons. The van der Waals surface area contributed by atoms with E-state index in [9.17, 15) is 21.6 Å².